The van der Waals surface area contributed by atoms with Gasteiger partial charge in [0.05, 0.1) is 6.54 Å². The van der Waals surface area contributed by atoms with Crippen LogP contribution in [0.25, 0.3) is 0 Å². The molecular weight excluding hydrogens is 254 g/mol. The van der Waals surface area contributed by atoms with Gasteiger partial charge in [0.15, 0.2) is 0 Å². The van der Waals surface area contributed by atoms with Crippen LogP contribution in [-0.4, -0.2) is 36.5 Å². The van der Waals surface area contributed by atoms with Gasteiger partial charge in [0.2, 0.25) is 5.91 Å². The van der Waals surface area contributed by atoms with E-state index in [2.05, 4.69) is 15.5 Å². The molecule has 20 heavy (non-hydrogen) atoms. The lowest BCUT2D eigenvalue weighted by Gasteiger charge is -2.14. The molecule has 1 heterocycles. The molecule has 1 aliphatic heterocycles. The van der Waals surface area contributed by atoms with Crippen LogP contribution in [-0.2, 0) is 4.79 Å². The summed E-state index contributed by atoms with van der Waals surface area (Å²) in [6, 6.07) is 5.28. The Bertz CT molecular complexity index is 508. The summed E-state index contributed by atoms with van der Waals surface area (Å²) < 4.78 is 0. The van der Waals surface area contributed by atoms with E-state index >= 15 is 0 Å². The molecule has 0 saturated carbocycles. The molecule has 1 saturated heterocycles. The Morgan fingerprint density at radius 1 is 1.20 bits per heavy atom. The summed E-state index contributed by atoms with van der Waals surface area (Å²) in [5.74, 6) is -0.255. The second-order valence-corrected chi connectivity index (χ2v) is 5.30. The first-order valence-electron chi connectivity index (χ1n) is 6.95. The van der Waals surface area contributed by atoms with E-state index in [9.17, 15) is 9.59 Å². The van der Waals surface area contributed by atoms with Crippen LogP contribution in [0, 0.1) is 13.8 Å². The van der Waals surface area contributed by atoms with E-state index in [1.54, 1.807) is 0 Å². The van der Waals surface area contributed by atoms with E-state index in [4.69, 9.17) is 0 Å². The smallest absolute Gasteiger partial charge is 0.307 e. The molecule has 5 heteroatoms. The number of nitrogens with zero attached hydrogens (tertiary/aromatic N) is 1. The van der Waals surface area contributed by atoms with Gasteiger partial charge in [-0.05, 0) is 51.4 Å². The van der Waals surface area contributed by atoms with Gasteiger partial charge >= 0.3 is 6.03 Å². The van der Waals surface area contributed by atoms with Crippen LogP contribution >= 0.6 is 0 Å². The fraction of sp³-hybridized carbons (Fsp3) is 0.467. The van der Waals surface area contributed by atoms with Crippen LogP contribution in [0.2, 0.25) is 0 Å². The lowest BCUT2D eigenvalue weighted by molar-refractivity contribution is -0.120. The Morgan fingerprint density at radius 3 is 2.55 bits per heavy atom. The van der Waals surface area contributed by atoms with Crippen molar-refractivity contribution in [3.05, 3.63) is 29.3 Å². The third-order valence-corrected chi connectivity index (χ3v) is 3.45. The van der Waals surface area contributed by atoms with E-state index in [1.165, 1.54) is 0 Å². The van der Waals surface area contributed by atoms with Gasteiger partial charge < -0.3 is 5.32 Å². The number of carbonyl (C=O) groups excluding carboxylic acids is 2. The van der Waals surface area contributed by atoms with Crippen molar-refractivity contribution in [2.24, 2.45) is 0 Å². The van der Waals surface area contributed by atoms with Crippen molar-refractivity contribution in [2.45, 2.75) is 26.7 Å². The lowest BCUT2D eigenvalue weighted by Crippen LogP contribution is -2.41. The molecule has 0 bridgehead atoms. The van der Waals surface area contributed by atoms with Crippen LogP contribution in [0.1, 0.15) is 24.0 Å². The average molecular weight is 275 g/mol. The van der Waals surface area contributed by atoms with Crippen LogP contribution in [0.3, 0.4) is 0 Å². The quantitative estimate of drug-likeness (QED) is 0.887. The number of rotatable bonds is 3. The Balaban J connectivity index is 1.83. The van der Waals surface area contributed by atoms with Crippen LogP contribution in [0.5, 0.6) is 0 Å². The monoisotopic (exact) mass is 275 g/mol. The second-order valence-electron chi connectivity index (χ2n) is 5.30. The molecule has 1 aliphatic rings. The molecule has 0 aromatic heterocycles. The molecule has 108 valence electrons. The number of imide groups is 1. The van der Waals surface area contributed by atoms with Crippen molar-refractivity contribution in [1.29, 1.82) is 0 Å². The first-order chi connectivity index (χ1) is 9.54. The van der Waals surface area contributed by atoms with Gasteiger partial charge in [-0.2, -0.15) is 0 Å². The number of anilines is 1. The number of nitrogens with one attached hydrogen (secondary N) is 2. The summed E-state index contributed by atoms with van der Waals surface area (Å²) in [5.41, 5.74) is 2.84. The summed E-state index contributed by atoms with van der Waals surface area (Å²) in [7, 11) is 0. The standard InChI is InChI=1S/C15H21N3O2/c1-11-5-6-13(12(2)9-11)16-15(20)17-14(19)10-18-7-3-4-8-18/h5-6,9H,3-4,7-8,10H2,1-2H3,(H2,16,17,19,20). The van der Waals surface area contributed by atoms with Gasteiger partial charge in [0.25, 0.3) is 0 Å². The third kappa shape index (κ3) is 4.06. The van der Waals surface area contributed by atoms with Gasteiger partial charge in [0, 0.05) is 5.69 Å². The normalized spacial score (nSPS) is 15.1. The molecule has 5 nitrogen and oxygen atoms in total. The fourth-order valence-electron chi connectivity index (χ4n) is 2.42. The number of benzene rings is 1. The maximum atomic E-state index is 11.8. The van der Waals surface area contributed by atoms with Gasteiger partial charge in [0.1, 0.15) is 0 Å². The highest BCUT2D eigenvalue weighted by Gasteiger charge is 2.16. The summed E-state index contributed by atoms with van der Waals surface area (Å²) >= 11 is 0. The number of hydrogen-bond donors (Lipinski definition) is 2. The van der Waals surface area contributed by atoms with Crippen molar-refractivity contribution < 1.29 is 9.59 Å². The van der Waals surface area contributed by atoms with E-state index in [0.717, 1.165) is 42.7 Å². The minimum absolute atomic E-state index is 0.255. The first-order valence-corrected chi connectivity index (χ1v) is 6.95. The van der Waals surface area contributed by atoms with Gasteiger partial charge in [-0.1, -0.05) is 17.7 Å². The molecule has 1 aromatic rings. The zero-order valence-electron chi connectivity index (χ0n) is 12.0. The molecule has 0 atom stereocenters. The maximum Gasteiger partial charge on any atom is 0.325 e. The fourth-order valence-corrected chi connectivity index (χ4v) is 2.42. The van der Waals surface area contributed by atoms with Gasteiger partial charge in [-0.25, -0.2) is 4.79 Å². The van der Waals surface area contributed by atoms with Gasteiger partial charge in [-0.15, -0.1) is 0 Å². The van der Waals surface area contributed by atoms with E-state index in [0.29, 0.717) is 6.54 Å². The summed E-state index contributed by atoms with van der Waals surface area (Å²) in [6.45, 7) is 6.09. The lowest BCUT2D eigenvalue weighted by atomic mass is 10.1. The van der Waals surface area contributed by atoms with E-state index in [-0.39, 0.29) is 5.91 Å². The van der Waals surface area contributed by atoms with Crippen LogP contribution in [0.15, 0.2) is 18.2 Å². The Labute approximate surface area is 119 Å². The number of urea groups is 1. The minimum Gasteiger partial charge on any atom is -0.307 e. The molecule has 0 aliphatic carbocycles. The van der Waals surface area contributed by atoms with Crippen molar-refractivity contribution in [3.8, 4) is 0 Å². The molecule has 2 rings (SSSR count). The molecule has 0 spiro atoms. The Morgan fingerprint density at radius 2 is 1.90 bits per heavy atom. The number of carbonyl (C=O) groups is 2. The second kappa shape index (κ2) is 6.52. The van der Waals surface area contributed by atoms with Crippen molar-refractivity contribution in [2.75, 3.05) is 25.0 Å². The van der Waals surface area contributed by atoms with Crippen LogP contribution < -0.4 is 10.6 Å². The topological polar surface area (TPSA) is 61.4 Å². The van der Waals surface area contributed by atoms with Crippen molar-refractivity contribution in [3.63, 3.8) is 0 Å². The molecule has 0 radical (unpaired) electrons. The third-order valence-electron chi connectivity index (χ3n) is 3.45. The SMILES string of the molecule is Cc1ccc(NC(=O)NC(=O)CN2CCCC2)c(C)c1. The molecular formula is C15H21N3O2. The first kappa shape index (κ1) is 14.5. The van der Waals surface area contributed by atoms with E-state index < -0.39 is 6.03 Å². The summed E-state index contributed by atoms with van der Waals surface area (Å²) in [5, 5.41) is 5.07. The molecule has 1 aromatic carbocycles. The number of amides is 3. The number of aryl methyl sites for hydroxylation is 2. The zero-order chi connectivity index (χ0) is 14.5. The summed E-state index contributed by atoms with van der Waals surface area (Å²) in [6.07, 6.45) is 2.25. The van der Waals surface area contributed by atoms with Crippen LogP contribution in [0.4, 0.5) is 10.5 Å². The van der Waals surface area contributed by atoms with Crippen molar-refractivity contribution in [1.82, 2.24) is 10.2 Å². The number of likely N-dealkylation sites (tertiary alicyclic amines) is 1. The van der Waals surface area contributed by atoms with E-state index in [1.807, 2.05) is 32.0 Å². The predicted octanol–water partition coefficient (Wildman–Crippen LogP) is 2.05. The number of hydrogen-bond acceptors (Lipinski definition) is 3. The average Bonchev–Trinajstić information content (AvgIpc) is 2.85. The highest BCUT2D eigenvalue weighted by Crippen LogP contribution is 2.15. The highest BCUT2D eigenvalue weighted by molar-refractivity contribution is 6.02. The minimum atomic E-state index is -0.471. The Hall–Kier alpha value is -1.88. The van der Waals surface area contributed by atoms with Gasteiger partial charge in [-0.3, -0.25) is 15.0 Å². The largest absolute Gasteiger partial charge is 0.325 e. The Kier molecular flexibility index (Phi) is 4.74. The summed E-state index contributed by atoms with van der Waals surface area (Å²) in [4.78, 5) is 25.6. The maximum absolute atomic E-state index is 11.8. The molecule has 0 unspecified atom stereocenters. The molecule has 1 fully saturated rings. The highest BCUT2D eigenvalue weighted by atomic mass is 16.2. The predicted molar refractivity (Wildman–Crippen MR) is 78.8 cm³/mol. The molecule has 3 amide bonds. The zero-order valence-corrected chi connectivity index (χ0v) is 12.0. The van der Waals surface area contributed by atoms with Crippen molar-refractivity contribution >= 4 is 17.6 Å². The molecule has 2 N–H and O–H groups in total.